The number of nitrogens with two attached hydrogens (primary N) is 1. The Bertz CT molecular complexity index is 581. The SMILES string of the molecule is Cn1nccc1CCC(NN)C1CSc2ccccc21. The molecule has 0 radical (unpaired) electrons. The van der Waals surface area contributed by atoms with Crippen molar-refractivity contribution >= 4 is 11.8 Å². The highest BCUT2D eigenvalue weighted by Crippen LogP contribution is 2.41. The van der Waals surface area contributed by atoms with E-state index in [0.717, 1.165) is 18.6 Å². The zero-order valence-electron chi connectivity index (χ0n) is 11.6. The maximum absolute atomic E-state index is 5.81. The summed E-state index contributed by atoms with van der Waals surface area (Å²) in [6, 6.07) is 11.0. The van der Waals surface area contributed by atoms with E-state index >= 15 is 0 Å². The summed E-state index contributed by atoms with van der Waals surface area (Å²) in [6.07, 6.45) is 3.87. The molecule has 1 aliphatic heterocycles. The van der Waals surface area contributed by atoms with Gasteiger partial charge in [-0.25, -0.2) is 0 Å². The van der Waals surface area contributed by atoms with Crippen molar-refractivity contribution in [2.75, 3.05) is 5.75 Å². The van der Waals surface area contributed by atoms with Crippen molar-refractivity contribution in [2.45, 2.75) is 29.7 Å². The lowest BCUT2D eigenvalue weighted by atomic mass is 9.90. The molecule has 2 atom stereocenters. The zero-order valence-corrected chi connectivity index (χ0v) is 12.4. The number of nitrogens with one attached hydrogen (secondary N) is 1. The Morgan fingerprint density at radius 3 is 3.05 bits per heavy atom. The third-order valence-electron chi connectivity index (χ3n) is 4.07. The summed E-state index contributed by atoms with van der Waals surface area (Å²) in [4.78, 5) is 1.40. The van der Waals surface area contributed by atoms with Gasteiger partial charge < -0.3 is 0 Å². The summed E-state index contributed by atoms with van der Waals surface area (Å²) in [7, 11) is 1.99. The van der Waals surface area contributed by atoms with Gasteiger partial charge in [0.05, 0.1) is 0 Å². The number of hydrazine groups is 1. The molecule has 1 aromatic heterocycles. The van der Waals surface area contributed by atoms with Gasteiger partial charge in [-0.3, -0.25) is 16.0 Å². The molecule has 1 aromatic carbocycles. The normalized spacial score (nSPS) is 19.0. The second-order valence-corrected chi connectivity index (χ2v) is 6.28. The van der Waals surface area contributed by atoms with Crippen LogP contribution >= 0.6 is 11.8 Å². The van der Waals surface area contributed by atoms with E-state index in [-0.39, 0.29) is 0 Å². The van der Waals surface area contributed by atoms with Crippen molar-refractivity contribution in [3.05, 3.63) is 47.8 Å². The number of fused-ring (bicyclic) bond motifs is 1. The molecule has 0 amide bonds. The molecule has 1 aliphatic rings. The molecule has 0 bridgehead atoms. The Labute approximate surface area is 123 Å². The largest absolute Gasteiger partial charge is 0.273 e. The van der Waals surface area contributed by atoms with E-state index < -0.39 is 0 Å². The minimum absolute atomic E-state index is 0.307. The summed E-state index contributed by atoms with van der Waals surface area (Å²) in [6.45, 7) is 0. The van der Waals surface area contributed by atoms with Gasteiger partial charge >= 0.3 is 0 Å². The van der Waals surface area contributed by atoms with Gasteiger partial charge in [-0.05, 0) is 30.5 Å². The first-order valence-corrected chi connectivity index (χ1v) is 7.93. The van der Waals surface area contributed by atoms with Gasteiger partial charge in [0.2, 0.25) is 0 Å². The number of nitrogens with zero attached hydrogens (tertiary/aromatic N) is 2. The van der Waals surface area contributed by atoms with Crippen molar-refractivity contribution in [1.29, 1.82) is 0 Å². The Morgan fingerprint density at radius 2 is 2.30 bits per heavy atom. The molecule has 0 spiro atoms. The van der Waals surface area contributed by atoms with Crippen LogP contribution in [0.3, 0.4) is 0 Å². The van der Waals surface area contributed by atoms with E-state index in [1.807, 2.05) is 29.7 Å². The molecule has 0 fully saturated rings. The van der Waals surface area contributed by atoms with E-state index in [1.54, 1.807) is 0 Å². The molecule has 20 heavy (non-hydrogen) atoms. The molecule has 0 saturated carbocycles. The maximum atomic E-state index is 5.81. The summed E-state index contributed by atoms with van der Waals surface area (Å²) < 4.78 is 1.94. The molecule has 4 nitrogen and oxygen atoms in total. The molecule has 2 heterocycles. The molecular weight excluding hydrogens is 268 g/mol. The molecule has 0 saturated heterocycles. The van der Waals surface area contributed by atoms with Crippen LogP contribution in [0.4, 0.5) is 0 Å². The highest BCUT2D eigenvalue weighted by Gasteiger charge is 2.29. The van der Waals surface area contributed by atoms with Crippen LogP contribution in [-0.4, -0.2) is 21.6 Å². The summed E-state index contributed by atoms with van der Waals surface area (Å²) in [5.41, 5.74) is 5.71. The Kier molecular flexibility index (Phi) is 4.10. The fourth-order valence-corrected chi connectivity index (χ4v) is 4.20. The highest BCUT2D eigenvalue weighted by molar-refractivity contribution is 7.99. The molecule has 3 N–H and O–H groups in total. The van der Waals surface area contributed by atoms with Crippen LogP contribution in [0.25, 0.3) is 0 Å². The lowest BCUT2D eigenvalue weighted by molar-refractivity contribution is 0.433. The van der Waals surface area contributed by atoms with Crippen LogP contribution in [0.2, 0.25) is 0 Å². The van der Waals surface area contributed by atoms with Crippen molar-refractivity contribution in [3.8, 4) is 0 Å². The van der Waals surface area contributed by atoms with Crippen LogP contribution in [0.1, 0.15) is 23.6 Å². The third-order valence-corrected chi connectivity index (χ3v) is 5.28. The first-order chi connectivity index (χ1) is 9.79. The van der Waals surface area contributed by atoms with Crippen molar-refractivity contribution in [2.24, 2.45) is 12.9 Å². The summed E-state index contributed by atoms with van der Waals surface area (Å²) in [5.74, 6) is 7.41. The quantitative estimate of drug-likeness (QED) is 0.653. The minimum Gasteiger partial charge on any atom is -0.273 e. The average molecular weight is 288 g/mol. The van der Waals surface area contributed by atoms with E-state index in [0.29, 0.717) is 12.0 Å². The number of hydrogen-bond acceptors (Lipinski definition) is 4. The topological polar surface area (TPSA) is 55.9 Å². The van der Waals surface area contributed by atoms with Gasteiger partial charge in [-0.15, -0.1) is 11.8 Å². The molecule has 106 valence electrons. The fraction of sp³-hybridized carbons (Fsp3) is 0.400. The van der Waals surface area contributed by atoms with Gasteiger partial charge in [0, 0.05) is 41.5 Å². The fourth-order valence-electron chi connectivity index (χ4n) is 2.87. The molecule has 0 aliphatic carbocycles. The first-order valence-electron chi connectivity index (χ1n) is 6.94. The highest BCUT2D eigenvalue weighted by atomic mass is 32.2. The van der Waals surface area contributed by atoms with E-state index in [2.05, 4.69) is 40.9 Å². The second-order valence-electron chi connectivity index (χ2n) is 5.21. The van der Waals surface area contributed by atoms with Gasteiger partial charge in [-0.1, -0.05) is 18.2 Å². The molecule has 2 unspecified atom stereocenters. The van der Waals surface area contributed by atoms with Crippen LogP contribution in [0.15, 0.2) is 41.4 Å². The van der Waals surface area contributed by atoms with Crippen molar-refractivity contribution in [3.63, 3.8) is 0 Å². The maximum Gasteiger partial charge on any atom is 0.0492 e. The van der Waals surface area contributed by atoms with E-state index in [9.17, 15) is 0 Å². The van der Waals surface area contributed by atoms with Gasteiger partial charge in [0.15, 0.2) is 0 Å². The predicted molar refractivity (Wildman–Crippen MR) is 82.5 cm³/mol. The summed E-state index contributed by atoms with van der Waals surface area (Å²) >= 11 is 1.93. The Balaban J connectivity index is 1.70. The number of hydrogen-bond donors (Lipinski definition) is 2. The van der Waals surface area contributed by atoms with Crippen molar-refractivity contribution in [1.82, 2.24) is 15.2 Å². The number of benzene rings is 1. The monoisotopic (exact) mass is 288 g/mol. The van der Waals surface area contributed by atoms with E-state index in [4.69, 9.17) is 5.84 Å². The molecule has 5 heteroatoms. The Morgan fingerprint density at radius 1 is 1.45 bits per heavy atom. The zero-order chi connectivity index (χ0) is 13.9. The van der Waals surface area contributed by atoms with Crippen molar-refractivity contribution < 1.29 is 0 Å². The Hall–Kier alpha value is -1.30. The van der Waals surface area contributed by atoms with Crippen LogP contribution < -0.4 is 11.3 Å². The van der Waals surface area contributed by atoms with Crippen LogP contribution in [0.5, 0.6) is 0 Å². The van der Waals surface area contributed by atoms with Gasteiger partial charge in [-0.2, -0.15) is 5.10 Å². The molecule has 2 aromatic rings. The second kappa shape index (κ2) is 5.99. The number of thioether (sulfide) groups is 1. The number of aryl methyl sites for hydroxylation is 2. The number of rotatable bonds is 5. The van der Waals surface area contributed by atoms with E-state index in [1.165, 1.54) is 16.2 Å². The molecular formula is C15H20N4S. The lowest BCUT2D eigenvalue weighted by Gasteiger charge is -2.23. The standard InChI is InChI=1S/C15H20N4S/c1-19-11(8-9-17-19)6-7-14(18-16)13-10-20-15-5-3-2-4-12(13)15/h2-5,8-9,13-14,18H,6-7,10,16H2,1H3. The average Bonchev–Trinajstić information content (AvgIpc) is 3.07. The van der Waals surface area contributed by atoms with Crippen LogP contribution in [0, 0.1) is 0 Å². The lowest BCUT2D eigenvalue weighted by Crippen LogP contribution is -2.40. The summed E-state index contributed by atoms with van der Waals surface area (Å²) in [5, 5.41) is 4.21. The predicted octanol–water partition coefficient (Wildman–Crippen LogP) is 2.07. The smallest absolute Gasteiger partial charge is 0.0492 e. The first kappa shape index (κ1) is 13.7. The molecule has 3 rings (SSSR count). The number of aromatic nitrogens is 2. The third kappa shape index (κ3) is 2.61. The van der Waals surface area contributed by atoms with Gasteiger partial charge in [0.25, 0.3) is 0 Å². The van der Waals surface area contributed by atoms with Crippen LogP contribution in [-0.2, 0) is 13.5 Å². The van der Waals surface area contributed by atoms with Gasteiger partial charge in [0.1, 0.15) is 0 Å². The minimum atomic E-state index is 0.307.